The van der Waals surface area contributed by atoms with Gasteiger partial charge in [-0.1, -0.05) is 17.7 Å². The van der Waals surface area contributed by atoms with E-state index in [9.17, 15) is 8.42 Å². The zero-order chi connectivity index (χ0) is 13.8. The third-order valence-corrected chi connectivity index (χ3v) is 4.14. The van der Waals surface area contributed by atoms with Crippen molar-refractivity contribution in [3.63, 3.8) is 0 Å². The van der Waals surface area contributed by atoms with Gasteiger partial charge in [0.2, 0.25) is 10.0 Å². The average molecular weight is 270 g/mol. The predicted octanol–water partition coefficient (Wildman–Crippen LogP) is 2.09. The molecular formula is C13H22N2O2S. The maximum atomic E-state index is 11.9. The van der Waals surface area contributed by atoms with Gasteiger partial charge in [0, 0.05) is 0 Å². The molecule has 4 nitrogen and oxygen atoms in total. The Morgan fingerprint density at radius 2 is 1.67 bits per heavy atom. The van der Waals surface area contributed by atoms with E-state index in [2.05, 4.69) is 4.72 Å². The Morgan fingerprint density at radius 1 is 1.11 bits per heavy atom. The molecule has 0 unspecified atom stereocenters. The van der Waals surface area contributed by atoms with Gasteiger partial charge < -0.3 is 5.73 Å². The van der Waals surface area contributed by atoms with E-state index in [1.54, 1.807) is 0 Å². The van der Waals surface area contributed by atoms with Crippen LogP contribution in [0, 0.1) is 20.8 Å². The van der Waals surface area contributed by atoms with Gasteiger partial charge in [0.25, 0.3) is 0 Å². The Kier molecular flexibility index (Phi) is 5.16. The van der Waals surface area contributed by atoms with E-state index in [4.69, 9.17) is 5.73 Å². The number of benzene rings is 1. The first-order chi connectivity index (χ1) is 8.35. The minimum Gasteiger partial charge on any atom is -0.330 e. The van der Waals surface area contributed by atoms with Crippen LogP contribution in [0.25, 0.3) is 0 Å². The molecule has 0 aliphatic heterocycles. The third-order valence-electron chi connectivity index (χ3n) is 2.80. The predicted molar refractivity (Wildman–Crippen MR) is 76.4 cm³/mol. The summed E-state index contributed by atoms with van der Waals surface area (Å²) in [6.45, 7) is 6.35. The minimum atomic E-state index is -3.27. The second-order valence-corrected chi connectivity index (χ2v) is 6.53. The fourth-order valence-corrected chi connectivity index (χ4v) is 3.30. The van der Waals surface area contributed by atoms with Crippen molar-refractivity contribution in [1.82, 2.24) is 0 Å². The summed E-state index contributed by atoms with van der Waals surface area (Å²) in [4.78, 5) is 0. The molecule has 0 aromatic heterocycles. The number of unbranched alkanes of at least 4 members (excludes halogenated alkanes) is 1. The summed E-state index contributed by atoms with van der Waals surface area (Å²) in [5.74, 6) is 0.122. The smallest absolute Gasteiger partial charge is 0.232 e. The normalized spacial score (nSPS) is 11.6. The van der Waals surface area contributed by atoms with Crippen LogP contribution in [0.15, 0.2) is 12.1 Å². The van der Waals surface area contributed by atoms with E-state index >= 15 is 0 Å². The Morgan fingerprint density at radius 3 is 2.17 bits per heavy atom. The Balaban J connectivity index is 2.84. The van der Waals surface area contributed by atoms with E-state index < -0.39 is 10.0 Å². The number of aryl methyl sites for hydroxylation is 3. The summed E-state index contributed by atoms with van der Waals surface area (Å²) >= 11 is 0. The van der Waals surface area contributed by atoms with Crippen LogP contribution in [-0.2, 0) is 10.0 Å². The fraction of sp³-hybridized carbons (Fsp3) is 0.538. The average Bonchev–Trinajstić information content (AvgIpc) is 2.23. The van der Waals surface area contributed by atoms with Crippen LogP contribution in [0.3, 0.4) is 0 Å². The van der Waals surface area contributed by atoms with E-state index in [0.717, 1.165) is 23.1 Å². The maximum Gasteiger partial charge on any atom is 0.232 e. The molecule has 0 spiro atoms. The molecular weight excluding hydrogens is 248 g/mol. The van der Waals surface area contributed by atoms with Crippen molar-refractivity contribution in [3.05, 3.63) is 28.8 Å². The van der Waals surface area contributed by atoms with Crippen molar-refractivity contribution < 1.29 is 8.42 Å². The molecule has 0 amide bonds. The van der Waals surface area contributed by atoms with Gasteiger partial charge >= 0.3 is 0 Å². The van der Waals surface area contributed by atoms with E-state index in [-0.39, 0.29) is 5.75 Å². The molecule has 0 bridgehead atoms. The quantitative estimate of drug-likeness (QED) is 0.777. The zero-order valence-electron chi connectivity index (χ0n) is 11.3. The molecule has 0 radical (unpaired) electrons. The van der Waals surface area contributed by atoms with E-state index in [0.29, 0.717) is 18.7 Å². The van der Waals surface area contributed by atoms with Gasteiger partial charge in [-0.25, -0.2) is 8.42 Å². The first kappa shape index (κ1) is 15.0. The zero-order valence-corrected chi connectivity index (χ0v) is 12.1. The van der Waals surface area contributed by atoms with Gasteiger partial charge in [0.1, 0.15) is 0 Å². The van der Waals surface area contributed by atoms with Gasteiger partial charge in [-0.15, -0.1) is 0 Å². The molecule has 18 heavy (non-hydrogen) atoms. The molecule has 0 saturated heterocycles. The van der Waals surface area contributed by atoms with Crippen molar-refractivity contribution in [2.75, 3.05) is 17.0 Å². The molecule has 102 valence electrons. The third kappa shape index (κ3) is 4.31. The van der Waals surface area contributed by atoms with Gasteiger partial charge in [-0.05, 0) is 51.3 Å². The second-order valence-electron chi connectivity index (χ2n) is 4.69. The summed E-state index contributed by atoms with van der Waals surface area (Å²) in [7, 11) is -3.27. The van der Waals surface area contributed by atoms with Crippen LogP contribution in [0.4, 0.5) is 5.69 Å². The first-order valence-electron chi connectivity index (χ1n) is 6.14. The van der Waals surface area contributed by atoms with Crippen LogP contribution in [0.2, 0.25) is 0 Å². The molecule has 1 aromatic rings. The lowest BCUT2D eigenvalue weighted by Crippen LogP contribution is -2.18. The molecule has 0 aliphatic rings. The lowest BCUT2D eigenvalue weighted by Gasteiger charge is -2.14. The number of anilines is 1. The molecule has 0 saturated carbocycles. The van der Waals surface area contributed by atoms with Gasteiger partial charge in [0.15, 0.2) is 0 Å². The monoisotopic (exact) mass is 270 g/mol. The highest BCUT2D eigenvalue weighted by atomic mass is 32.2. The van der Waals surface area contributed by atoms with Crippen molar-refractivity contribution in [1.29, 1.82) is 0 Å². The van der Waals surface area contributed by atoms with Crippen LogP contribution < -0.4 is 10.5 Å². The molecule has 1 rings (SSSR count). The van der Waals surface area contributed by atoms with Crippen molar-refractivity contribution >= 4 is 15.7 Å². The molecule has 3 N–H and O–H groups in total. The molecule has 1 aromatic carbocycles. The highest BCUT2D eigenvalue weighted by Crippen LogP contribution is 2.23. The highest BCUT2D eigenvalue weighted by molar-refractivity contribution is 7.92. The summed E-state index contributed by atoms with van der Waals surface area (Å²) in [5, 5.41) is 0. The first-order valence-corrected chi connectivity index (χ1v) is 7.79. The van der Waals surface area contributed by atoms with Gasteiger partial charge in [-0.3, -0.25) is 4.72 Å². The standard InChI is InChI=1S/C13H22N2O2S/c1-10-8-11(2)13(12(3)9-10)15-18(16,17)7-5-4-6-14/h8-9,15H,4-7,14H2,1-3H3. The van der Waals surface area contributed by atoms with Crippen molar-refractivity contribution in [3.8, 4) is 0 Å². The molecule has 0 heterocycles. The summed E-state index contributed by atoms with van der Waals surface area (Å²) in [5.41, 5.74) is 9.10. The van der Waals surface area contributed by atoms with Crippen molar-refractivity contribution in [2.24, 2.45) is 5.73 Å². The van der Waals surface area contributed by atoms with Crippen LogP contribution >= 0.6 is 0 Å². The van der Waals surface area contributed by atoms with Crippen LogP contribution in [0.1, 0.15) is 29.5 Å². The Labute approximate surface area is 110 Å². The summed E-state index contributed by atoms with van der Waals surface area (Å²) in [6.07, 6.45) is 1.32. The van der Waals surface area contributed by atoms with Crippen molar-refractivity contribution in [2.45, 2.75) is 33.6 Å². The molecule has 0 aliphatic carbocycles. The molecule has 0 fully saturated rings. The maximum absolute atomic E-state index is 11.9. The van der Waals surface area contributed by atoms with Crippen LogP contribution in [0.5, 0.6) is 0 Å². The highest BCUT2D eigenvalue weighted by Gasteiger charge is 2.13. The van der Waals surface area contributed by atoms with Gasteiger partial charge in [0.05, 0.1) is 11.4 Å². The number of nitrogens with two attached hydrogens (primary N) is 1. The lowest BCUT2D eigenvalue weighted by molar-refractivity contribution is 0.597. The number of rotatable bonds is 6. The molecule has 0 atom stereocenters. The Bertz CT molecular complexity index is 487. The summed E-state index contributed by atoms with van der Waals surface area (Å²) in [6, 6.07) is 3.95. The number of hydrogen-bond donors (Lipinski definition) is 2. The second kappa shape index (κ2) is 6.20. The topological polar surface area (TPSA) is 72.2 Å². The fourth-order valence-electron chi connectivity index (χ4n) is 1.98. The van der Waals surface area contributed by atoms with E-state index in [1.807, 2.05) is 32.9 Å². The SMILES string of the molecule is Cc1cc(C)c(NS(=O)(=O)CCCCN)c(C)c1. The number of hydrogen-bond acceptors (Lipinski definition) is 3. The Hall–Kier alpha value is -1.07. The van der Waals surface area contributed by atoms with Gasteiger partial charge in [-0.2, -0.15) is 0 Å². The number of sulfonamides is 1. The number of nitrogens with one attached hydrogen (secondary N) is 1. The largest absolute Gasteiger partial charge is 0.330 e. The van der Waals surface area contributed by atoms with E-state index in [1.165, 1.54) is 0 Å². The lowest BCUT2D eigenvalue weighted by atomic mass is 10.1. The van der Waals surface area contributed by atoms with Crippen LogP contribution in [-0.4, -0.2) is 20.7 Å². The minimum absolute atomic E-state index is 0.122. The molecule has 5 heteroatoms. The summed E-state index contributed by atoms with van der Waals surface area (Å²) < 4.78 is 26.5.